The van der Waals surface area contributed by atoms with Gasteiger partial charge in [0.05, 0.1) is 36.1 Å². The second kappa shape index (κ2) is 6.38. The summed E-state index contributed by atoms with van der Waals surface area (Å²) in [4.78, 5) is 19.8. The third kappa shape index (κ3) is 2.46. The van der Waals surface area contributed by atoms with Gasteiger partial charge < -0.3 is 15.4 Å². The fraction of sp³-hybridized carbons (Fsp3) is 0.273. The van der Waals surface area contributed by atoms with E-state index >= 15 is 0 Å². The highest BCUT2D eigenvalue weighted by Gasteiger charge is 2.38. The van der Waals surface area contributed by atoms with Gasteiger partial charge >= 0.3 is 0 Å². The van der Waals surface area contributed by atoms with Crippen LogP contribution in [-0.2, 0) is 6.54 Å². The summed E-state index contributed by atoms with van der Waals surface area (Å²) < 4.78 is 5.53. The van der Waals surface area contributed by atoms with Gasteiger partial charge in [-0.15, -0.1) is 0 Å². The molecule has 2 aliphatic rings. The summed E-state index contributed by atoms with van der Waals surface area (Å²) in [5.74, 6) is 0.724. The van der Waals surface area contributed by atoms with Crippen molar-refractivity contribution >= 4 is 34.1 Å². The van der Waals surface area contributed by atoms with E-state index in [0.717, 1.165) is 40.6 Å². The lowest BCUT2D eigenvalue weighted by Gasteiger charge is -2.34. The second-order valence-corrected chi connectivity index (χ2v) is 7.85. The van der Waals surface area contributed by atoms with Gasteiger partial charge in [-0.2, -0.15) is 0 Å². The molecule has 28 heavy (non-hydrogen) atoms. The number of nitrogens with two attached hydrogens (primary N) is 1. The maximum Gasteiger partial charge on any atom is 0.258 e. The number of para-hydroxylation sites is 1. The third-order valence-electron chi connectivity index (χ3n) is 5.89. The SMILES string of the molecule is COc1ccc(Cl)cc1-c1cccc2c(N)c3c(nc12)CN(C1CCC1)C3=O. The maximum atomic E-state index is 13.0. The molecule has 5 rings (SSSR count). The summed E-state index contributed by atoms with van der Waals surface area (Å²) in [6.07, 6.45) is 3.29. The van der Waals surface area contributed by atoms with E-state index in [4.69, 9.17) is 27.1 Å². The number of anilines is 1. The van der Waals surface area contributed by atoms with Crippen molar-refractivity contribution in [3.8, 4) is 16.9 Å². The Bertz CT molecular complexity index is 1120. The zero-order valence-electron chi connectivity index (χ0n) is 15.5. The number of fused-ring (bicyclic) bond motifs is 2. The van der Waals surface area contributed by atoms with Gasteiger partial charge in [0.15, 0.2) is 0 Å². The van der Waals surface area contributed by atoms with Crippen LogP contribution in [0.4, 0.5) is 5.69 Å². The number of ether oxygens (including phenoxy) is 1. The number of carbonyl (C=O) groups is 1. The lowest BCUT2D eigenvalue weighted by atomic mass is 9.92. The fourth-order valence-corrected chi connectivity index (χ4v) is 4.37. The number of rotatable bonds is 3. The number of aromatic nitrogens is 1. The molecule has 3 aromatic rings. The Balaban J connectivity index is 1.72. The molecule has 1 aliphatic heterocycles. The van der Waals surface area contributed by atoms with Crippen molar-refractivity contribution in [3.63, 3.8) is 0 Å². The first kappa shape index (κ1) is 17.3. The lowest BCUT2D eigenvalue weighted by molar-refractivity contribution is 0.0606. The standard InChI is InChI=1S/C22H20ClN3O2/c1-28-18-9-8-12(23)10-16(18)14-6-3-7-15-20(24)19-17(25-21(14)15)11-26(22(19)27)13-4-2-5-13/h3,6-10,13H,2,4-5,11H2,1H3,(H2,24,25). The summed E-state index contributed by atoms with van der Waals surface area (Å²) in [6.45, 7) is 0.528. The number of halogens is 1. The first-order chi connectivity index (χ1) is 13.6. The van der Waals surface area contributed by atoms with Crippen molar-refractivity contribution in [2.45, 2.75) is 31.8 Å². The average molecular weight is 394 g/mol. The Morgan fingerprint density at radius 1 is 1.21 bits per heavy atom. The van der Waals surface area contributed by atoms with Crippen LogP contribution < -0.4 is 10.5 Å². The van der Waals surface area contributed by atoms with Crippen LogP contribution in [0.5, 0.6) is 5.75 Å². The van der Waals surface area contributed by atoms with Crippen molar-refractivity contribution in [2.24, 2.45) is 0 Å². The Morgan fingerprint density at radius 2 is 2.04 bits per heavy atom. The Hall–Kier alpha value is -2.79. The van der Waals surface area contributed by atoms with Crippen molar-refractivity contribution in [2.75, 3.05) is 12.8 Å². The van der Waals surface area contributed by atoms with Crippen LogP contribution in [0.2, 0.25) is 5.02 Å². The second-order valence-electron chi connectivity index (χ2n) is 7.41. The molecular formula is C22H20ClN3O2. The number of methoxy groups -OCH3 is 1. The van der Waals surface area contributed by atoms with Crippen LogP contribution >= 0.6 is 11.6 Å². The molecule has 0 radical (unpaired) electrons. The van der Waals surface area contributed by atoms with Crippen LogP contribution in [0.3, 0.4) is 0 Å². The van der Waals surface area contributed by atoms with E-state index in [-0.39, 0.29) is 5.91 Å². The summed E-state index contributed by atoms with van der Waals surface area (Å²) >= 11 is 6.24. The minimum Gasteiger partial charge on any atom is -0.496 e. The number of carbonyl (C=O) groups excluding carboxylic acids is 1. The molecular weight excluding hydrogens is 374 g/mol. The zero-order chi connectivity index (χ0) is 19.4. The average Bonchev–Trinajstić information content (AvgIpc) is 2.96. The Labute approximate surface area is 168 Å². The fourth-order valence-electron chi connectivity index (χ4n) is 4.19. The quantitative estimate of drug-likeness (QED) is 0.703. The minimum absolute atomic E-state index is 0.0114. The molecule has 0 atom stereocenters. The van der Waals surface area contributed by atoms with Crippen molar-refractivity contribution in [1.29, 1.82) is 0 Å². The van der Waals surface area contributed by atoms with E-state index in [0.29, 0.717) is 34.6 Å². The molecule has 1 aliphatic carbocycles. The van der Waals surface area contributed by atoms with E-state index in [1.165, 1.54) is 6.42 Å². The van der Waals surface area contributed by atoms with E-state index in [1.807, 2.05) is 35.2 Å². The predicted octanol–water partition coefficient (Wildman–Crippen LogP) is 4.65. The topological polar surface area (TPSA) is 68.5 Å². The molecule has 2 aromatic carbocycles. The molecule has 1 amide bonds. The minimum atomic E-state index is 0.0114. The first-order valence-electron chi connectivity index (χ1n) is 9.44. The molecule has 142 valence electrons. The van der Waals surface area contributed by atoms with Gasteiger partial charge in [-0.3, -0.25) is 4.79 Å². The number of pyridine rings is 1. The lowest BCUT2D eigenvalue weighted by Crippen LogP contribution is -2.40. The van der Waals surface area contributed by atoms with E-state index < -0.39 is 0 Å². The number of nitrogen functional groups attached to an aromatic ring is 1. The van der Waals surface area contributed by atoms with Crippen LogP contribution in [0.1, 0.15) is 35.3 Å². The molecule has 0 saturated heterocycles. The van der Waals surface area contributed by atoms with Crippen molar-refractivity contribution in [1.82, 2.24) is 9.88 Å². The number of hydrogen-bond acceptors (Lipinski definition) is 4. The van der Waals surface area contributed by atoms with Gasteiger partial charge in [0, 0.05) is 27.6 Å². The van der Waals surface area contributed by atoms with Gasteiger partial charge in [-0.25, -0.2) is 4.98 Å². The molecule has 0 bridgehead atoms. The Morgan fingerprint density at radius 3 is 2.75 bits per heavy atom. The monoisotopic (exact) mass is 393 g/mol. The van der Waals surface area contributed by atoms with Crippen molar-refractivity contribution in [3.05, 3.63) is 52.7 Å². The molecule has 0 spiro atoms. The number of hydrogen-bond donors (Lipinski definition) is 1. The highest BCUT2D eigenvalue weighted by Crippen LogP contribution is 2.41. The smallest absolute Gasteiger partial charge is 0.258 e. The zero-order valence-corrected chi connectivity index (χ0v) is 16.3. The number of nitrogens with zero attached hydrogens (tertiary/aromatic N) is 2. The molecule has 2 heterocycles. The predicted molar refractivity (Wildman–Crippen MR) is 111 cm³/mol. The molecule has 2 N–H and O–H groups in total. The molecule has 1 fully saturated rings. The summed E-state index contributed by atoms with van der Waals surface area (Å²) in [7, 11) is 1.63. The summed E-state index contributed by atoms with van der Waals surface area (Å²) in [5.41, 5.74) is 10.8. The maximum absolute atomic E-state index is 13.0. The van der Waals surface area contributed by atoms with Gasteiger partial charge in [-0.05, 0) is 37.5 Å². The van der Waals surface area contributed by atoms with Crippen LogP contribution in [0.15, 0.2) is 36.4 Å². The number of benzene rings is 2. The third-order valence-corrected chi connectivity index (χ3v) is 6.13. The van der Waals surface area contributed by atoms with Gasteiger partial charge in [-0.1, -0.05) is 29.8 Å². The largest absolute Gasteiger partial charge is 0.496 e. The van der Waals surface area contributed by atoms with Crippen LogP contribution in [0, 0.1) is 0 Å². The normalized spacial score (nSPS) is 16.4. The van der Waals surface area contributed by atoms with Crippen molar-refractivity contribution < 1.29 is 9.53 Å². The van der Waals surface area contributed by atoms with Gasteiger partial charge in [0.25, 0.3) is 5.91 Å². The molecule has 1 aromatic heterocycles. The molecule has 0 unspecified atom stereocenters. The molecule has 6 heteroatoms. The van der Waals surface area contributed by atoms with E-state index in [9.17, 15) is 4.79 Å². The van der Waals surface area contributed by atoms with Crippen LogP contribution in [0.25, 0.3) is 22.0 Å². The van der Waals surface area contributed by atoms with Gasteiger partial charge in [0.2, 0.25) is 0 Å². The van der Waals surface area contributed by atoms with E-state index in [1.54, 1.807) is 13.2 Å². The van der Waals surface area contributed by atoms with Gasteiger partial charge in [0.1, 0.15) is 5.75 Å². The Kier molecular flexibility index (Phi) is 3.95. The number of amides is 1. The highest BCUT2D eigenvalue weighted by molar-refractivity contribution is 6.31. The van der Waals surface area contributed by atoms with E-state index in [2.05, 4.69) is 0 Å². The van der Waals surface area contributed by atoms with Crippen LogP contribution in [-0.4, -0.2) is 28.9 Å². The highest BCUT2D eigenvalue weighted by atomic mass is 35.5. The summed E-state index contributed by atoms with van der Waals surface area (Å²) in [5, 5.41) is 1.40. The molecule has 1 saturated carbocycles. The molecule has 5 nitrogen and oxygen atoms in total. The first-order valence-corrected chi connectivity index (χ1v) is 9.82. The summed E-state index contributed by atoms with van der Waals surface area (Å²) in [6, 6.07) is 11.6.